The molecule has 0 fully saturated rings. The summed E-state index contributed by atoms with van der Waals surface area (Å²) >= 11 is 0. The summed E-state index contributed by atoms with van der Waals surface area (Å²) in [4.78, 5) is 84.2. The summed E-state index contributed by atoms with van der Waals surface area (Å²) in [6.45, 7) is 3.20. The van der Waals surface area contributed by atoms with Crippen LogP contribution in [0.15, 0.2) is 129 Å². The van der Waals surface area contributed by atoms with Crippen molar-refractivity contribution >= 4 is 43.3 Å². The summed E-state index contributed by atoms with van der Waals surface area (Å²) in [7, 11) is -5.27. The van der Waals surface area contributed by atoms with Gasteiger partial charge in [-0.15, -0.1) is 0 Å². The molecule has 78 heavy (non-hydrogen) atoms. The molecule has 0 aliphatic heterocycles. The summed E-state index contributed by atoms with van der Waals surface area (Å²) in [5.74, 6) is -3.42. The SMILES string of the molecule is Cc1c(C(=O)NCCCN(C)CCCNC(=O)c2cc(C(=O)NCc3ccc(S(C)(=O)=O)cc3)c(=O)n(-c3cccc(C(F)(F)F)c3)c2C)cc(C(=O)NCc2ccc(S(C)(=O)=O)cc2)c(=O)n1-c1cccc(C(F)(F)F)c1. The van der Waals surface area contributed by atoms with Gasteiger partial charge in [0.05, 0.1) is 32.0 Å². The first-order chi connectivity index (χ1) is 36.4. The molecule has 0 saturated heterocycles. The summed E-state index contributed by atoms with van der Waals surface area (Å²) in [6, 6.07) is 20.8. The van der Waals surface area contributed by atoms with E-state index in [1.54, 1.807) is 7.05 Å². The third-order valence-electron chi connectivity index (χ3n) is 12.4. The van der Waals surface area contributed by atoms with Gasteiger partial charge in [-0.05, 0) is 131 Å². The number of sulfone groups is 2. The van der Waals surface area contributed by atoms with Crippen molar-refractivity contribution in [3.63, 3.8) is 0 Å². The second-order valence-corrected chi connectivity index (χ2v) is 22.2. The highest BCUT2D eigenvalue weighted by Gasteiger charge is 2.33. The Hall–Kier alpha value is -7.90. The molecule has 0 saturated carbocycles. The van der Waals surface area contributed by atoms with Gasteiger partial charge in [-0.3, -0.25) is 37.9 Å². The fourth-order valence-corrected chi connectivity index (χ4v) is 9.39. The Balaban J connectivity index is 1.11. The molecule has 0 radical (unpaired) electrons. The molecule has 6 rings (SSSR count). The van der Waals surface area contributed by atoms with Crippen LogP contribution in [0.2, 0.25) is 0 Å². The third-order valence-corrected chi connectivity index (χ3v) is 14.6. The Labute approximate surface area is 444 Å². The molecule has 2 aromatic heterocycles. The van der Waals surface area contributed by atoms with Gasteiger partial charge in [-0.2, -0.15) is 26.3 Å². The van der Waals surface area contributed by atoms with Crippen LogP contribution in [-0.2, 0) is 45.1 Å². The number of pyridine rings is 2. The van der Waals surface area contributed by atoms with Gasteiger partial charge in [-0.25, -0.2) is 16.8 Å². The normalized spacial score (nSPS) is 12.1. The van der Waals surface area contributed by atoms with E-state index < -0.39 is 89.0 Å². The first-order valence-corrected chi connectivity index (χ1v) is 27.5. The third kappa shape index (κ3) is 14.8. The molecule has 4 aromatic carbocycles. The van der Waals surface area contributed by atoms with E-state index in [0.29, 0.717) is 49.2 Å². The average molecular weight is 1130 g/mol. The number of aromatic nitrogens is 2. The van der Waals surface area contributed by atoms with Gasteiger partial charge in [-0.1, -0.05) is 36.4 Å². The summed E-state index contributed by atoms with van der Waals surface area (Å²) in [5.41, 5.74) is -5.43. The van der Waals surface area contributed by atoms with Gasteiger partial charge in [0.25, 0.3) is 34.7 Å². The molecule has 0 unspecified atom stereocenters. The molecule has 4 N–H and O–H groups in total. The first-order valence-electron chi connectivity index (χ1n) is 23.7. The Morgan fingerprint density at radius 3 is 1.15 bits per heavy atom. The second kappa shape index (κ2) is 24.2. The molecule has 0 aliphatic rings. The Kier molecular flexibility index (Phi) is 18.4. The number of nitrogens with one attached hydrogen (secondary N) is 4. The molecule has 414 valence electrons. The lowest BCUT2D eigenvalue weighted by molar-refractivity contribution is -0.138. The molecule has 0 atom stereocenters. The monoisotopic (exact) mass is 1130 g/mol. The van der Waals surface area contributed by atoms with E-state index in [0.717, 1.165) is 58.0 Å². The van der Waals surface area contributed by atoms with Crippen molar-refractivity contribution in [2.45, 2.75) is 61.9 Å². The number of rotatable bonds is 20. The van der Waals surface area contributed by atoms with E-state index in [2.05, 4.69) is 21.3 Å². The molecular formula is C53H53F6N7O10S2. The zero-order valence-corrected chi connectivity index (χ0v) is 44.2. The van der Waals surface area contributed by atoms with E-state index in [1.807, 2.05) is 4.90 Å². The van der Waals surface area contributed by atoms with Crippen LogP contribution in [0.4, 0.5) is 26.3 Å². The number of carbonyl (C=O) groups excluding carboxylic acids is 4. The molecule has 0 bridgehead atoms. The quantitative estimate of drug-likeness (QED) is 0.0498. The van der Waals surface area contributed by atoms with E-state index in [9.17, 15) is 71.9 Å². The number of hydrogen-bond donors (Lipinski definition) is 4. The lowest BCUT2D eigenvalue weighted by atomic mass is 10.1. The van der Waals surface area contributed by atoms with Crippen LogP contribution < -0.4 is 32.4 Å². The number of hydrogen-bond acceptors (Lipinski definition) is 11. The fourth-order valence-electron chi connectivity index (χ4n) is 8.13. The van der Waals surface area contributed by atoms with Crippen molar-refractivity contribution < 1.29 is 62.4 Å². The van der Waals surface area contributed by atoms with Crippen LogP contribution in [-0.4, -0.2) is 100 Å². The second-order valence-electron chi connectivity index (χ2n) is 18.2. The van der Waals surface area contributed by atoms with Crippen molar-refractivity contribution in [3.8, 4) is 11.4 Å². The van der Waals surface area contributed by atoms with Crippen molar-refractivity contribution in [3.05, 3.63) is 186 Å². The van der Waals surface area contributed by atoms with Crippen molar-refractivity contribution in [1.82, 2.24) is 35.3 Å². The van der Waals surface area contributed by atoms with Gasteiger partial charge in [0, 0.05) is 61.5 Å². The summed E-state index contributed by atoms with van der Waals surface area (Å²) in [5, 5.41) is 10.5. The minimum Gasteiger partial charge on any atom is -0.352 e. The standard InChI is InChI=1S/C53H53F6N7O10S2/c1-32-42(28-44(48(69)62-30-34-14-18-40(19-15-34)77(4,73)74)50(71)65(32)38-12-6-10-36(26-38)52(54,55)56)46(67)60-22-8-24-64(3)25-9-23-61-47(68)43-29-45(49(70)63-31-35-16-20-41(21-17-35)78(5,75)76)51(72)66(33(43)2)39-13-7-11-37(27-39)53(57,58)59/h6-7,10-21,26-29H,8-9,22-25,30-31H2,1-5H3,(H,60,67)(H,61,68)(H,62,69)(H,63,70). The van der Waals surface area contributed by atoms with Gasteiger partial charge in [0.2, 0.25) is 0 Å². The molecular weight excluding hydrogens is 1070 g/mol. The van der Waals surface area contributed by atoms with E-state index in [-0.39, 0.29) is 69.9 Å². The Morgan fingerprint density at radius 2 is 0.833 bits per heavy atom. The first kappa shape index (κ1) is 59.3. The molecule has 25 heteroatoms. The Bertz CT molecular complexity index is 3380. The van der Waals surface area contributed by atoms with Crippen LogP contribution in [0.25, 0.3) is 11.4 Å². The Morgan fingerprint density at radius 1 is 0.500 bits per heavy atom. The lowest BCUT2D eigenvalue weighted by Crippen LogP contribution is -2.36. The maximum Gasteiger partial charge on any atom is 0.416 e. The van der Waals surface area contributed by atoms with Crippen molar-refractivity contribution in [1.29, 1.82) is 0 Å². The average Bonchev–Trinajstić information content (AvgIpc) is 3.48. The molecule has 17 nitrogen and oxygen atoms in total. The number of amides is 4. The van der Waals surface area contributed by atoms with Gasteiger partial charge >= 0.3 is 12.4 Å². The molecule has 4 amide bonds. The van der Waals surface area contributed by atoms with Crippen LogP contribution in [0.1, 0.15) is 87.9 Å². The topological polar surface area (TPSA) is 232 Å². The van der Waals surface area contributed by atoms with Gasteiger partial charge < -0.3 is 26.2 Å². The number of halogens is 6. The van der Waals surface area contributed by atoms with Crippen LogP contribution in [0.3, 0.4) is 0 Å². The van der Waals surface area contributed by atoms with Crippen LogP contribution >= 0.6 is 0 Å². The minimum absolute atomic E-state index is 0.0300. The van der Waals surface area contributed by atoms with Crippen LogP contribution in [0.5, 0.6) is 0 Å². The highest BCUT2D eigenvalue weighted by atomic mass is 32.2. The maximum atomic E-state index is 13.9. The van der Waals surface area contributed by atoms with Gasteiger partial charge in [0.15, 0.2) is 19.7 Å². The van der Waals surface area contributed by atoms with Crippen LogP contribution in [0, 0.1) is 13.8 Å². The predicted octanol–water partition coefficient (Wildman–Crippen LogP) is 6.18. The van der Waals surface area contributed by atoms with Crippen molar-refractivity contribution in [2.24, 2.45) is 0 Å². The summed E-state index contributed by atoms with van der Waals surface area (Å²) in [6.07, 6.45) is -6.84. The number of benzene rings is 4. The smallest absolute Gasteiger partial charge is 0.352 e. The molecule has 2 heterocycles. The predicted molar refractivity (Wildman–Crippen MR) is 276 cm³/mol. The fraction of sp³-hybridized carbons (Fsp3) is 0.283. The highest BCUT2D eigenvalue weighted by molar-refractivity contribution is 7.91. The zero-order valence-electron chi connectivity index (χ0n) is 42.6. The highest BCUT2D eigenvalue weighted by Crippen LogP contribution is 2.32. The number of alkyl halides is 6. The number of carbonyl (C=O) groups is 4. The minimum atomic E-state index is -4.79. The van der Waals surface area contributed by atoms with Gasteiger partial charge in [0.1, 0.15) is 11.1 Å². The lowest BCUT2D eigenvalue weighted by Gasteiger charge is -2.19. The number of nitrogens with zero attached hydrogens (tertiary/aromatic N) is 3. The zero-order chi connectivity index (χ0) is 57.5. The van der Waals surface area contributed by atoms with E-state index >= 15 is 0 Å². The van der Waals surface area contributed by atoms with E-state index in [1.165, 1.54) is 74.5 Å². The molecule has 0 spiro atoms. The molecule has 6 aromatic rings. The summed E-state index contributed by atoms with van der Waals surface area (Å²) < 4.78 is 132. The molecule has 0 aliphatic carbocycles. The van der Waals surface area contributed by atoms with E-state index in [4.69, 9.17) is 0 Å². The largest absolute Gasteiger partial charge is 0.416 e. The maximum absolute atomic E-state index is 13.9. The van der Waals surface area contributed by atoms with Crippen molar-refractivity contribution in [2.75, 3.05) is 45.7 Å².